The Bertz CT molecular complexity index is 966. The zero-order chi connectivity index (χ0) is 19.9. The van der Waals surface area contributed by atoms with Crippen LogP contribution in [0.1, 0.15) is 37.4 Å². The van der Waals surface area contributed by atoms with Crippen LogP contribution >= 0.6 is 0 Å². The lowest BCUT2D eigenvalue weighted by molar-refractivity contribution is 0.0685. The molecule has 0 saturated heterocycles. The van der Waals surface area contributed by atoms with Gasteiger partial charge in [0.15, 0.2) is 11.5 Å². The molecule has 142 valence electrons. The van der Waals surface area contributed by atoms with E-state index in [9.17, 15) is 19.8 Å². The maximum atomic E-state index is 12.8. The van der Waals surface area contributed by atoms with Gasteiger partial charge in [0, 0.05) is 11.1 Å². The standard InChI is InChI=1S/C19H19NO7/c1-8-6-12(21)10(4-5-20)16-14(8)19(24)27-15-9(2)13(25-3)7-11(18(22)23)17(15)26-16/h6-7,21H,4-5,20H2,1-3H3,(H,22,23). The maximum absolute atomic E-state index is 12.8. The van der Waals surface area contributed by atoms with Crippen molar-refractivity contribution in [1.29, 1.82) is 0 Å². The predicted molar refractivity (Wildman–Crippen MR) is 95.3 cm³/mol. The second-order valence-corrected chi connectivity index (χ2v) is 6.14. The molecule has 2 aromatic carbocycles. The van der Waals surface area contributed by atoms with E-state index in [0.29, 0.717) is 16.7 Å². The summed E-state index contributed by atoms with van der Waals surface area (Å²) >= 11 is 0. The largest absolute Gasteiger partial charge is 0.508 e. The van der Waals surface area contributed by atoms with Crippen molar-refractivity contribution in [3.8, 4) is 28.7 Å². The first-order valence-electron chi connectivity index (χ1n) is 8.20. The van der Waals surface area contributed by atoms with Gasteiger partial charge in [-0.3, -0.25) is 0 Å². The molecule has 3 rings (SSSR count). The van der Waals surface area contributed by atoms with Gasteiger partial charge in [-0.05, 0) is 44.5 Å². The zero-order valence-electron chi connectivity index (χ0n) is 15.1. The first-order chi connectivity index (χ1) is 12.8. The minimum Gasteiger partial charge on any atom is -0.508 e. The fraction of sp³-hybridized carbons (Fsp3) is 0.263. The summed E-state index contributed by atoms with van der Waals surface area (Å²) in [6.07, 6.45) is 0.231. The first-order valence-corrected chi connectivity index (χ1v) is 8.20. The molecule has 1 aliphatic heterocycles. The van der Waals surface area contributed by atoms with E-state index in [1.54, 1.807) is 13.8 Å². The summed E-state index contributed by atoms with van der Waals surface area (Å²) in [6.45, 7) is 3.44. The van der Waals surface area contributed by atoms with Crippen LogP contribution in [0.3, 0.4) is 0 Å². The van der Waals surface area contributed by atoms with Gasteiger partial charge in [-0.15, -0.1) is 0 Å². The molecule has 0 radical (unpaired) electrons. The van der Waals surface area contributed by atoms with Gasteiger partial charge in [0.05, 0.1) is 7.11 Å². The lowest BCUT2D eigenvalue weighted by Gasteiger charge is -2.17. The molecular weight excluding hydrogens is 354 g/mol. The molecule has 0 bridgehead atoms. The van der Waals surface area contributed by atoms with Crippen LogP contribution in [0.25, 0.3) is 0 Å². The summed E-state index contributed by atoms with van der Waals surface area (Å²) in [7, 11) is 1.38. The number of aromatic hydroxyl groups is 1. The van der Waals surface area contributed by atoms with Crippen molar-refractivity contribution in [2.24, 2.45) is 5.73 Å². The minimum absolute atomic E-state index is 0.0365. The van der Waals surface area contributed by atoms with E-state index in [-0.39, 0.29) is 52.8 Å². The number of hydrogen-bond donors (Lipinski definition) is 3. The van der Waals surface area contributed by atoms with Gasteiger partial charge in [-0.1, -0.05) is 0 Å². The number of ether oxygens (including phenoxy) is 3. The molecular formula is C19H19NO7. The number of phenols is 1. The Morgan fingerprint density at radius 2 is 1.89 bits per heavy atom. The molecule has 0 fully saturated rings. The number of methoxy groups -OCH3 is 1. The molecule has 27 heavy (non-hydrogen) atoms. The third-order valence-corrected chi connectivity index (χ3v) is 4.44. The van der Waals surface area contributed by atoms with Crippen LogP contribution in [0, 0.1) is 13.8 Å². The van der Waals surface area contributed by atoms with Crippen LogP contribution in [0.15, 0.2) is 12.1 Å². The highest BCUT2D eigenvalue weighted by Crippen LogP contribution is 2.48. The highest BCUT2D eigenvalue weighted by molar-refractivity contribution is 6.00. The maximum Gasteiger partial charge on any atom is 0.347 e. The molecule has 1 heterocycles. The summed E-state index contributed by atoms with van der Waals surface area (Å²) in [6, 6.07) is 2.73. The van der Waals surface area contributed by atoms with Crippen molar-refractivity contribution >= 4 is 11.9 Å². The molecule has 0 unspecified atom stereocenters. The highest BCUT2D eigenvalue weighted by atomic mass is 16.6. The quantitative estimate of drug-likeness (QED) is 0.551. The number of carbonyl (C=O) groups excluding carboxylic acids is 1. The van der Waals surface area contributed by atoms with E-state index >= 15 is 0 Å². The number of carboxylic acid groups (broad SMARTS) is 1. The Labute approximate surface area is 155 Å². The van der Waals surface area contributed by atoms with Gasteiger partial charge in [0.1, 0.15) is 28.4 Å². The van der Waals surface area contributed by atoms with Crippen LogP contribution in [0.4, 0.5) is 0 Å². The Kier molecular flexibility index (Phi) is 4.67. The van der Waals surface area contributed by atoms with Crippen LogP contribution < -0.4 is 19.9 Å². The van der Waals surface area contributed by atoms with E-state index in [1.165, 1.54) is 19.2 Å². The second kappa shape index (κ2) is 6.81. The third-order valence-electron chi connectivity index (χ3n) is 4.44. The molecule has 0 atom stereocenters. The summed E-state index contributed by atoms with van der Waals surface area (Å²) in [5.41, 5.74) is 6.66. The second-order valence-electron chi connectivity index (χ2n) is 6.14. The Hall–Kier alpha value is -3.26. The van der Waals surface area contributed by atoms with E-state index in [2.05, 4.69) is 0 Å². The fourth-order valence-electron chi connectivity index (χ4n) is 3.11. The number of aromatic carboxylic acids is 1. The van der Waals surface area contributed by atoms with E-state index < -0.39 is 11.9 Å². The van der Waals surface area contributed by atoms with Gasteiger partial charge in [0.2, 0.25) is 0 Å². The number of rotatable bonds is 4. The fourth-order valence-corrected chi connectivity index (χ4v) is 3.11. The molecule has 0 saturated carbocycles. The van der Waals surface area contributed by atoms with Crippen LogP contribution in [0.5, 0.6) is 28.7 Å². The average Bonchev–Trinajstić information content (AvgIpc) is 2.75. The van der Waals surface area contributed by atoms with E-state index in [4.69, 9.17) is 19.9 Å². The molecule has 1 aliphatic rings. The normalized spacial score (nSPS) is 12.4. The van der Waals surface area contributed by atoms with Crippen molar-refractivity contribution in [3.63, 3.8) is 0 Å². The van der Waals surface area contributed by atoms with Crippen LogP contribution in [0.2, 0.25) is 0 Å². The number of esters is 1. The number of carbonyl (C=O) groups is 2. The van der Waals surface area contributed by atoms with Crippen LogP contribution in [-0.4, -0.2) is 35.8 Å². The molecule has 8 heteroatoms. The average molecular weight is 373 g/mol. The SMILES string of the molecule is COc1cc(C(=O)O)c2c(c1C)OC(=O)c1c(C)cc(O)c(CCN)c1O2. The lowest BCUT2D eigenvalue weighted by atomic mass is 9.99. The summed E-state index contributed by atoms with van der Waals surface area (Å²) in [5, 5.41) is 19.9. The highest BCUT2D eigenvalue weighted by Gasteiger charge is 2.33. The number of nitrogens with two attached hydrogens (primary N) is 1. The number of benzene rings is 2. The monoisotopic (exact) mass is 373 g/mol. The number of hydrogen-bond acceptors (Lipinski definition) is 7. The molecule has 0 amide bonds. The zero-order valence-corrected chi connectivity index (χ0v) is 15.1. The molecule has 0 aliphatic carbocycles. The summed E-state index contributed by atoms with van der Waals surface area (Å²) in [4.78, 5) is 24.5. The topological polar surface area (TPSA) is 128 Å². The summed E-state index contributed by atoms with van der Waals surface area (Å²) in [5.74, 6) is -1.95. The van der Waals surface area contributed by atoms with Gasteiger partial charge in [-0.2, -0.15) is 0 Å². The van der Waals surface area contributed by atoms with Gasteiger partial charge in [-0.25, -0.2) is 9.59 Å². The Morgan fingerprint density at radius 1 is 1.19 bits per heavy atom. The first kappa shape index (κ1) is 18.5. The Balaban J connectivity index is 2.36. The van der Waals surface area contributed by atoms with Gasteiger partial charge >= 0.3 is 11.9 Å². The number of carboxylic acids is 1. The van der Waals surface area contributed by atoms with Crippen molar-refractivity contribution < 1.29 is 34.0 Å². The van der Waals surface area contributed by atoms with Crippen LogP contribution in [-0.2, 0) is 6.42 Å². The lowest BCUT2D eigenvalue weighted by Crippen LogP contribution is -2.12. The number of fused-ring (bicyclic) bond motifs is 2. The molecule has 0 spiro atoms. The molecule has 0 aromatic heterocycles. The van der Waals surface area contributed by atoms with Crippen molar-refractivity contribution in [1.82, 2.24) is 0 Å². The van der Waals surface area contributed by atoms with Gasteiger partial charge < -0.3 is 30.2 Å². The summed E-state index contributed by atoms with van der Waals surface area (Å²) < 4.78 is 16.6. The molecule has 8 nitrogen and oxygen atoms in total. The third kappa shape index (κ3) is 2.93. The van der Waals surface area contributed by atoms with E-state index in [0.717, 1.165) is 0 Å². The van der Waals surface area contributed by atoms with Gasteiger partial charge in [0.25, 0.3) is 0 Å². The molecule has 4 N–H and O–H groups in total. The van der Waals surface area contributed by atoms with Crippen molar-refractivity contribution in [2.75, 3.05) is 13.7 Å². The molecule has 2 aromatic rings. The predicted octanol–water partition coefficient (Wildman–Crippen LogP) is 2.54. The minimum atomic E-state index is -1.28. The van der Waals surface area contributed by atoms with Crippen molar-refractivity contribution in [2.45, 2.75) is 20.3 Å². The number of aryl methyl sites for hydroxylation is 1. The van der Waals surface area contributed by atoms with E-state index in [1.807, 2.05) is 0 Å². The Morgan fingerprint density at radius 3 is 2.48 bits per heavy atom. The smallest absolute Gasteiger partial charge is 0.347 e. The number of phenolic OH excluding ortho intramolecular Hbond substituents is 1. The van der Waals surface area contributed by atoms with Crippen molar-refractivity contribution in [3.05, 3.63) is 39.9 Å².